The van der Waals surface area contributed by atoms with Gasteiger partial charge in [-0.25, -0.2) is 0 Å². The molecule has 1 saturated heterocycles. The number of hydrogen-bond donors (Lipinski definition) is 0. The highest BCUT2D eigenvalue weighted by atomic mass is 16.2. The van der Waals surface area contributed by atoms with E-state index < -0.39 is 0 Å². The number of amides is 2. The predicted molar refractivity (Wildman–Crippen MR) is 99.6 cm³/mol. The normalized spacial score (nSPS) is 17.2. The maximum atomic E-state index is 13.0. The second kappa shape index (κ2) is 7.30. The van der Waals surface area contributed by atoms with Crippen LogP contribution >= 0.6 is 0 Å². The molecule has 5 nitrogen and oxygen atoms in total. The first-order valence-electron chi connectivity index (χ1n) is 9.10. The third kappa shape index (κ3) is 3.55. The van der Waals surface area contributed by atoms with Crippen LogP contribution in [-0.2, 0) is 11.3 Å². The Kier molecular flexibility index (Phi) is 5.11. The molecule has 0 N–H and O–H groups in total. The lowest BCUT2D eigenvalue weighted by molar-refractivity contribution is -0.127. The molecule has 0 aliphatic carbocycles. The van der Waals surface area contributed by atoms with Crippen molar-refractivity contribution in [3.8, 4) is 0 Å². The molecule has 5 heteroatoms. The number of likely N-dealkylation sites (tertiary alicyclic amines) is 1. The second-order valence-electron chi connectivity index (χ2n) is 7.05. The molecule has 2 aromatic rings. The van der Waals surface area contributed by atoms with Crippen molar-refractivity contribution in [2.75, 3.05) is 26.7 Å². The monoisotopic (exact) mass is 341 g/mol. The van der Waals surface area contributed by atoms with E-state index in [-0.39, 0.29) is 11.8 Å². The van der Waals surface area contributed by atoms with E-state index in [9.17, 15) is 9.59 Å². The van der Waals surface area contributed by atoms with Gasteiger partial charge < -0.3 is 14.4 Å². The lowest BCUT2D eigenvalue weighted by atomic mass is 10.1. The minimum Gasteiger partial charge on any atom is -0.343 e. The first kappa shape index (κ1) is 17.5. The van der Waals surface area contributed by atoms with Crippen LogP contribution in [0.15, 0.2) is 30.3 Å². The molecule has 2 heterocycles. The molecule has 1 aliphatic heterocycles. The number of fused-ring (bicyclic) bond motifs is 1. The van der Waals surface area contributed by atoms with Crippen LogP contribution in [0.4, 0.5) is 0 Å². The van der Waals surface area contributed by atoms with Crippen LogP contribution in [0.25, 0.3) is 10.9 Å². The molecule has 2 amide bonds. The van der Waals surface area contributed by atoms with Gasteiger partial charge in [-0.2, -0.15) is 0 Å². The number of para-hydroxylation sites is 1. The number of aromatic nitrogens is 1. The Balaban J connectivity index is 1.77. The second-order valence-corrected chi connectivity index (χ2v) is 7.05. The van der Waals surface area contributed by atoms with Crippen LogP contribution in [0, 0.1) is 5.92 Å². The summed E-state index contributed by atoms with van der Waals surface area (Å²) in [7, 11) is 1.87. The topological polar surface area (TPSA) is 45.6 Å². The first-order valence-corrected chi connectivity index (χ1v) is 9.10. The molecule has 0 bridgehead atoms. The van der Waals surface area contributed by atoms with Gasteiger partial charge in [-0.15, -0.1) is 0 Å². The summed E-state index contributed by atoms with van der Waals surface area (Å²) in [4.78, 5) is 28.2. The Labute approximate surface area is 149 Å². The van der Waals surface area contributed by atoms with Crippen LogP contribution in [0.3, 0.4) is 0 Å². The van der Waals surface area contributed by atoms with Gasteiger partial charge in [0.2, 0.25) is 5.91 Å². The summed E-state index contributed by atoms with van der Waals surface area (Å²) < 4.78 is 2.13. The van der Waals surface area contributed by atoms with Crippen molar-refractivity contribution in [2.24, 2.45) is 5.92 Å². The lowest BCUT2D eigenvalue weighted by Crippen LogP contribution is -2.34. The summed E-state index contributed by atoms with van der Waals surface area (Å²) in [6, 6.07) is 10.1. The summed E-state index contributed by atoms with van der Waals surface area (Å²) >= 11 is 0. The van der Waals surface area contributed by atoms with Crippen molar-refractivity contribution in [1.82, 2.24) is 14.4 Å². The number of benzene rings is 1. The van der Waals surface area contributed by atoms with Crippen LogP contribution in [-0.4, -0.2) is 52.9 Å². The van der Waals surface area contributed by atoms with Gasteiger partial charge in [0.25, 0.3) is 5.91 Å². The fraction of sp³-hybridized carbons (Fsp3) is 0.500. The summed E-state index contributed by atoms with van der Waals surface area (Å²) in [5.74, 6) is 0.548. The molecular formula is C20H27N3O2. The van der Waals surface area contributed by atoms with Crippen LogP contribution in [0.2, 0.25) is 0 Å². The molecule has 1 atom stereocenters. The highest BCUT2D eigenvalue weighted by Gasteiger charge is 2.27. The largest absolute Gasteiger partial charge is 0.343 e. The SMILES string of the molecule is CCCn1c(C(=O)N(C)C[C@@H]2CCN(C(C)=O)C2)cc2ccccc21. The number of carbonyl (C=O) groups is 2. The Hall–Kier alpha value is -2.30. The molecule has 0 spiro atoms. The number of nitrogens with zero attached hydrogens (tertiary/aromatic N) is 3. The summed E-state index contributed by atoms with van der Waals surface area (Å²) in [5, 5.41) is 1.11. The number of rotatable bonds is 5. The molecular weight excluding hydrogens is 314 g/mol. The molecule has 1 fully saturated rings. The summed E-state index contributed by atoms with van der Waals surface area (Å²) in [6.45, 7) is 6.82. The summed E-state index contributed by atoms with van der Waals surface area (Å²) in [5.41, 5.74) is 1.87. The Morgan fingerprint density at radius 3 is 2.72 bits per heavy atom. The van der Waals surface area contributed by atoms with Crippen LogP contribution in [0.5, 0.6) is 0 Å². The zero-order chi connectivity index (χ0) is 18.0. The molecule has 0 unspecified atom stereocenters. The van der Waals surface area contributed by atoms with E-state index >= 15 is 0 Å². The van der Waals surface area contributed by atoms with Gasteiger partial charge in [0.15, 0.2) is 0 Å². The molecule has 1 aromatic carbocycles. The van der Waals surface area contributed by atoms with E-state index in [2.05, 4.69) is 23.6 Å². The van der Waals surface area contributed by atoms with Crippen molar-refractivity contribution in [3.05, 3.63) is 36.0 Å². The minimum atomic E-state index is 0.0610. The van der Waals surface area contributed by atoms with Crippen molar-refractivity contribution in [3.63, 3.8) is 0 Å². The highest BCUT2D eigenvalue weighted by molar-refractivity contribution is 5.98. The molecule has 0 saturated carbocycles. The van der Waals surface area contributed by atoms with E-state index in [1.807, 2.05) is 35.0 Å². The molecule has 134 valence electrons. The minimum absolute atomic E-state index is 0.0610. The maximum Gasteiger partial charge on any atom is 0.270 e. The summed E-state index contributed by atoms with van der Waals surface area (Å²) in [6.07, 6.45) is 1.95. The average molecular weight is 341 g/mol. The quantitative estimate of drug-likeness (QED) is 0.839. The Bertz CT molecular complexity index is 780. The molecule has 25 heavy (non-hydrogen) atoms. The smallest absolute Gasteiger partial charge is 0.270 e. The standard InChI is InChI=1S/C20H27N3O2/c1-4-10-23-18-8-6-5-7-17(18)12-19(23)20(25)21(3)13-16-9-11-22(14-16)15(2)24/h5-8,12,16H,4,9-11,13-14H2,1-3H3/t16-/m0/s1. The predicted octanol–water partition coefficient (Wildman–Crippen LogP) is 2.99. The van der Waals surface area contributed by atoms with Gasteiger partial charge in [0.05, 0.1) is 0 Å². The average Bonchev–Trinajstić information content (AvgIpc) is 3.20. The van der Waals surface area contributed by atoms with Gasteiger partial charge in [-0.3, -0.25) is 9.59 Å². The highest BCUT2D eigenvalue weighted by Crippen LogP contribution is 2.23. The zero-order valence-corrected chi connectivity index (χ0v) is 15.4. The van der Waals surface area contributed by atoms with E-state index in [1.54, 1.807) is 6.92 Å². The van der Waals surface area contributed by atoms with Gasteiger partial charge in [0.1, 0.15) is 5.69 Å². The Morgan fingerprint density at radius 2 is 2.04 bits per heavy atom. The third-order valence-electron chi connectivity index (χ3n) is 5.09. The number of aryl methyl sites for hydroxylation is 1. The van der Waals surface area contributed by atoms with Gasteiger partial charge >= 0.3 is 0 Å². The van der Waals surface area contributed by atoms with Crippen LogP contribution in [0.1, 0.15) is 37.2 Å². The van der Waals surface area contributed by atoms with Crippen molar-refractivity contribution in [1.29, 1.82) is 0 Å². The fourth-order valence-corrected chi connectivity index (χ4v) is 3.79. The van der Waals surface area contributed by atoms with Crippen LogP contribution < -0.4 is 0 Å². The van der Waals surface area contributed by atoms with E-state index in [0.717, 1.165) is 49.1 Å². The Morgan fingerprint density at radius 1 is 1.28 bits per heavy atom. The lowest BCUT2D eigenvalue weighted by Gasteiger charge is -2.22. The van der Waals surface area contributed by atoms with E-state index in [0.29, 0.717) is 12.5 Å². The van der Waals surface area contributed by atoms with Gasteiger partial charge in [0, 0.05) is 51.1 Å². The number of hydrogen-bond acceptors (Lipinski definition) is 2. The van der Waals surface area contributed by atoms with Crippen molar-refractivity contribution < 1.29 is 9.59 Å². The molecule has 0 radical (unpaired) electrons. The molecule has 1 aliphatic rings. The van der Waals surface area contributed by atoms with Crippen molar-refractivity contribution in [2.45, 2.75) is 33.2 Å². The molecule has 1 aromatic heterocycles. The third-order valence-corrected chi connectivity index (χ3v) is 5.09. The van der Waals surface area contributed by atoms with E-state index in [1.165, 1.54) is 0 Å². The van der Waals surface area contributed by atoms with Gasteiger partial charge in [-0.1, -0.05) is 25.1 Å². The first-order chi connectivity index (χ1) is 12.0. The maximum absolute atomic E-state index is 13.0. The fourth-order valence-electron chi connectivity index (χ4n) is 3.79. The van der Waals surface area contributed by atoms with E-state index in [4.69, 9.17) is 0 Å². The zero-order valence-electron chi connectivity index (χ0n) is 15.4. The molecule has 3 rings (SSSR count). The number of carbonyl (C=O) groups excluding carboxylic acids is 2. The van der Waals surface area contributed by atoms with Crippen molar-refractivity contribution >= 4 is 22.7 Å². The van der Waals surface area contributed by atoms with Gasteiger partial charge in [-0.05, 0) is 30.9 Å².